The molecule has 2 aromatic carbocycles. The van der Waals surface area contributed by atoms with Gasteiger partial charge >= 0.3 is 0 Å². The minimum Gasteiger partial charge on any atom is -0.348 e. The molecule has 3 aromatic rings. The second kappa shape index (κ2) is 8.48. The molecule has 0 unspecified atom stereocenters. The Morgan fingerprint density at radius 1 is 0.893 bits per heavy atom. The quantitative estimate of drug-likeness (QED) is 0.704. The molecular formula is C23H23N3O2. The third-order valence-electron chi connectivity index (χ3n) is 4.55. The van der Waals surface area contributed by atoms with E-state index in [1.807, 2.05) is 63.2 Å². The van der Waals surface area contributed by atoms with Crippen LogP contribution in [-0.4, -0.2) is 16.8 Å². The number of pyridine rings is 1. The maximum Gasteiger partial charge on any atom is 0.274 e. The summed E-state index contributed by atoms with van der Waals surface area (Å²) in [6.07, 6.45) is 1.47. The summed E-state index contributed by atoms with van der Waals surface area (Å²) in [4.78, 5) is 29.2. The van der Waals surface area contributed by atoms with Gasteiger partial charge in [-0.15, -0.1) is 0 Å². The summed E-state index contributed by atoms with van der Waals surface area (Å²) in [5, 5.41) is 5.76. The molecule has 0 aliphatic carbocycles. The van der Waals surface area contributed by atoms with E-state index >= 15 is 0 Å². The van der Waals surface area contributed by atoms with Gasteiger partial charge in [0.05, 0.1) is 0 Å². The summed E-state index contributed by atoms with van der Waals surface area (Å²) in [5.41, 5.74) is 5.49. The molecular weight excluding hydrogens is 350 g/mol. The molecule has 0 spiro atoms. The van der Waals surface area contributed by atoms with Crippen LogP contribution in [0.2, 0.25) is 0 Å². The predicted molar refractivity (Wildman–Crippen MR) is 110 cm³/mol. The highest BCUT2D eigenvalue weighted by atomic mass is 16.2. The molecule has 28 heavy (non-hydrogen) atoms. The maximum atomic E-state index is 12.6. The first kappa shape index (κ1) is 19.3. The molecule has 0 saturated heterocycles. The van der Waals surface area contributed by atoms with Crippen molar-refractivity contribution in [2.24, 2.45) is 0 Å². The maximum absolute atomic E-state index is 12.6. The van der Waals surface area contributed by atoms with E-state index in [2.05, 4.69) is 15.6 Å². The van der Waals surface area contributed by atoms with Crippen molar-refractivity contribution in [2.75, 3.05) is 5.32 Å². The highest BCUT2D eigenvalue weighted by Gasteiger charge is 2.14. The molecule has 0 radical (unpaired) electrons. The number of hydrogen-bond donors (Lipinski definition) is 2. The van der Waals surface area contributed by atoms with E-state index in [-0.39, 0.29) is 17.5 Å². The van der Waals surface area contributed by atoms with Gasteiger partial charge in [0, 0.05) is 24.0 Å². The number of aryl methyl sites for hydroxylation is 3. The van der Waals surface area contributed by atoms with Gasteiger partial charge in [-0.2, -0.15) is 0 Å². The fourth-order valence-electron chi connectivity index (χ4n) is 2.88. The van der Waals surface area contributed by atoms with Crippen LogP contribution in [0.3, 0.4) is 0 Å². The molecule has 1 heterocycles. The SMILES string of the molecule is Cc1ccc(CNC(=O)c2ccnc(C(=O)Nc3c(C)cccc3C)c2)cc1. The van der Waals surface area contributed by atoms with Gasteiger partial charge in [0.25, 0.3) is 11.8 Å². The second-order valence-corrected chi connectivity index (χ2v) is 6.82. The molecule has 0 fully saturated rings. The molecule has 1 aromatic heterocycles. The molecule has 142 valence electrons. The molecule has 0 bridgehead atoms. The lowest BCUT2D eigenvalue weighted by Gasteiger charge is -2.11. The highest BCUT2D eigenvalue weighted by Crippen LogP contribution is 2.20. The zero-order valence-corrected chi connectivity index (χ0v) is 16.2. The minimum atomic E-state index is -0.342. The Kier molecular flexibility index (Phi) is 5.84. The van der Waals surface area contributed by atoms with Crippen LogP contribution in [0.4, 0.5) is 5.69 Å². The topological polar surface area (TPSA) is 71.1 Å². The largest absolute Gasteiger partial charge is 0.348 e. The van der Waals surface area contributed by atoms with Crippen LogP contribution in [0, 0.1) is 20.8 Å². The number of amides is 2. The Morgan fingerprint density at radius 3 is 2.25 bits per heavy atom. The van der Waals surface area contributed by atoms with Gasteiger partial charge in [0.1, 0.15) is 5.69 Å². The first-order valence-corrected chi connectivity index (χ1v) is 9.11. The van der Waals surface area contributed by atoms with Gasteiger partial charge in [-0.05, 0) is 49.6 Å². The van der Waals surface area contributed by atoms with Gasteiger partial charge in [-0.3, -0.25) is 14.6 Å². The van der Waals surface area contributed by atoms with Gasteiger partial charge < -0.3 is 10.6 Å². The van der Waals surface area contributed by atoms with E-state index in [4.69, 9.17) is 0 Å². The number of nitrogens with one attached hydrogen (secondary N) is 2. The van der Waals surface area contributed by atoms with Crippen LogP contribution in [0.5, 0.6) is 0 Å². The van der Waals surface area contributed by atoms with Gasteiger partial charge in [-0.1, -0.05) is 48.0 Å². The summed E-state index contributed by atoms with van der Waals surface area (Å²) in [6, 6.07) is 16.9. The Bertz CT molecular complexity index is 990. The molecule has 0 aliphatic heterocycles. The first-order valence-electron chi connectivity index (χ1n) is 9.11. The normalized spacial score (nSPS) is 10.4. The zero-order valence-electron chi connectivity index (χ0n) is 16.2. The lowest BCUT2D eigenvalue weighted by atomic mass is 10.1. The summed E-state index contributed by atoms with van der Waals surface area (Å²) >= 11 is 0. The highest BCUT2D eigenvalue weighted by molar-refractivity contribution is 6.05. The van der Waals surface area contributed by atoms with Crippen LogP contribution in [-0.2, 0) is 6.54 Å². The monoisotopic (exact) mass is 373 g/mol. The van der Waals surface area contributed by atoms with Crippen LogP contribution < -0.4 is 10.6 Å². The number of hydrogen-bond acceptors (Lipinski definition) is 3. The fraction of sp³-hybridized carbons (Fsp3) is 0.174. The lowest BCUT2D eigenvalue weighted by Crippen LogP contribution is -2.24. The van der Waals surface area contributed by atoms with Crippen molar-refractivity contribution in [1.82, 2.24) is 10.3 Å². The summed E-state index contributed by atoms with van der Waals surface area (Å²) < 4.78 is 0. The number of carbonyl (C=O) groups excluding carboxylic acids is 2. The first-order chi connectivity index (χ1) is 13.4. The average molecular weight is 373 g/mol. The zero-order chi connectivity index (χ0) is 20.1. The molecule has 0 atom stereocenters. The molecule has 5 nitrogen and oxygen atoms in total. The third kappa shape index (κ3) is 4.62. The van der Waals surface area contributed by atoms with E-state index in [1.165, 1.54) is 17.8 Å². The Balaban J connectivity index is 1.69. The van der Waals surface area contributed by atoms with Crippen LogP contribution in [0.25, 0.3) is 0 Å². The summed E-state index contributed by atoms with van der Waals surface area (Å²) in [7, 11) is 0. The van der Waals surface area contributed by atoms with Crippen molar-refractivity contribution in [3.8, 4) is 0 Å². The van der Waals surface area contributed by atoms with Gasteiger partial charge in [0.15, 0.2) is 0 Å². The number of carbonyl (C=O) groups is 2. The predicted octanol–water partition coefficient (Wildman–Crippen LogP) is 4.19. The van der Waals surface area contributed by atoms with Crippen molar-refractivity contribution < 1.29 is 9.59 Å². The van der Waals surface area contributed by atoms with Crippen molar-refractivity contribution >= 4 is 17.5 Å². The lowest BCUT2D eigenvalue weighted by molar-refractivity contribution is 0.0951. The Labute approximate surface area is 164 Å². The van der Waals surface area contributed by atoms with E-state index in [9.17, 15) is 9.59 Å². The van der Waals surface area contributed by atoms with Crippen molar-refractivity contribution in [3.05, 3.63) is 94.3 Å². The minimum absolute atomic E-state index is 0.200. The van der Waals surface area contributed by atoms with E-state index in [0.29, 0.717) is 12.1 Å². The van der Waals surface area contributed by atoms with Crippen LogP contribution in [0.1, 0.15) is 43.1 Å². The Hall–Kier alpha value is -3.47. The van der Waals surface area contributed by atoms with Crippen molar-refractivity contribution in [1.29, 1.82) is 0 Å². The van der Waals surface area contributed by atoms with Crippen molar-refractivity contribution in [3.63, 3.8) is 0 Å². The number of aromatic nitrogens is 1. The third-order valence-corrected chi connectivity index (χ3v) is 4.55. The number of para-hydroxylation sites is 1. The standard InChI is InChI=1S/C23H23N3O2/c1-15-7-9-18(10-8-15)14-25-22(27)19-11-12-24-20(13-19)23(28)26-21-16(2)5-4-6-17(21)3/h4-13H,14H2,1-3H3,(H,25,27)(H,26,28). The molecule has 2 amide bonds. The number of anilines is 1. The van der Waals surface area contributed by atoms with E-state index < -0.39 is 0 Å². The molecule has 3 rings (SSSR count). The molecule has 5 heteroatoms. The van der Waals surface area contributed by atoms with Crippen LogP contribution >= 0.6 is 0 Å². The van der Waals surface area contributed by atoms with Gasteiger partial charge in [-0.25, -0.2) is 0 Å². The van der Waals surface area contributed by atoms with Crippen molar-refractivity contribution in [2.45, 2.75) is 27.3 Å². The molecule has 0 aliphatic rings. The summed E-state index contributed by atoms with van der Waals surface area (Å²) in [5.74, 6) is -0.588. The average Bonchev–Trinajstić information content (AvgIpc) is 2.70. The van der Waals surface area contributed by atoms with Crippen LogP contribution in [0.15, 0.2) is 60.8 Å². The van der Waals surface area contributed by atoms with E-state index in [1.54, 1.807) is 6.07 Å². The van der Waals surface area contributed by atoms with E-state index in [0.717, 1.165) is 22.4 Å². The molecule has 0 saturated carbocycles. The number of rotatable bonds is 5. The number of benzene rings is 2. The summed E-state index contributed by atoms with van der Waals surface area (Å²) in [6.45, 7) is 6.31. The molecule has 2 N–H and O–H groups in total. The van der Waals surface area contributed by atoms with Gasteiger partial charge in [0.2, 0.25) is 0 Å². The number of nitrogens with zero attached hydrogens (tertiary/aromatic N) is 1. The Morgan fingerprint density at radius 2 is 1.57 bits per heavy atom. The second-order valence-electron chi connectivity index (χ2n) is 6.82. The smallest absolute Gasteiger partial charge is 0.274 e. The fourth-order valence-corrected chi connectivity index (χ4v) is 2.88.